The molecule has 0 bridgehead atoms. The van der Waals surface area contributed by atoms with E-state index in [0.29, 0.717) is 0 Å². The number of benzene rings is 1. The summed E-state index contributed by atoms with van der Waals surface area (Å²) in [6.45, 7) is 1.83. The maximum absolute atomic E-state index is 4.02. The summed E-state index contributed by atoms with van der Waals surface area (Å²) in [5.41, 5.74) is 1.17. The minimum absolute atomic E-state index is 0.870. The van der Waals surface area contributed by atoms with Crippen LogP contribution in [-0.4, -0.2) is 19.4 Å². The lowest BCUT2D eigenvalue weighted by Crippen LogP contribution is -2.17. The number of hydrogen-bond acceptors (Lipinski definition) is 2. The van der Waals surface area contributed by atoms with Crippen LogP contribution in [0.15, 0.2) is 35.3 Å². The summed E-state index contributed by atoms with van der Waals surface area (Å²) in [6, 6.07) is 10.2. The molecule has 2 heteroatoms. The first-order chi connectivity index (χ1) is 5.47. The molecule has 1 aliphatic rings. The Morgan fingerprint density at radius 1 is 1.27 bits per heavy atom. The summed E-state index contributed by atoms with van der Waals surface area (Å²) in [5.74, 6) is 0. The second kappa shape index (κ2) is 2.74. The van der Waals surface area contributed by atoms with Gasteiger partial charge in [-0.3, -0.25) is 4.99 Å². The number of hydrogen-bond donors (Lipinski definition) is 0. The zero-order valence-electron chi connectivity index (χ0n) is 6.20. The van der Waals surface area contributed by atoms with Crippen LogP contribution in [0.5, 0.6) is 0 Å². The Bertz CT molecular complexity index is 254. The van der Waals surface area contributed by atoms with Gasteiger partial charge in [-0.2, -0.15) is 0 Å². The molecule has 0 aromatic heterocycles. The number of para-hydroxylation sites is 1. The van der Waals surface area contributed by atoms with Crippen molar-refractivity contribution in [1.82, 2.24) is 0 Å². The summed E-state index contributed by atoms with van der Waals surface area (Å²) in [6.07, 6.45) is 2.93. The van der Waals surface area contributed by atoms with Crippen LogP contribution >= 0.6 is 0 Å². The van der Waals surface area contributed by atoms with Crippen molar-refractivity contribution >= 4 is 12.0 Å². The van der Waals surface area contributed by atoms with Crippen molar-refractivity contribution in [2.45, 2.75) is 0 Å². The number of aliphatic imine (C=N–C) groups is 1. The topological polar surface area (TPSA) is 15.6 Å². The van der Waals surface area contributed by atoms with Crippen LogP contribution in [0.3, 0.4) is 0 Å². The fraction of sp³-hybridized carbons (Fsp3) is 0.222. The maximum Gasteiger partial charge on any atom is 0.171 e. The van der Waals surface area contributed by atoms with E-state index in [9.17, 15) is 0 Å². The van der Waals surface area contributed by atoms with E-state index in [4.69, 9.17) is 0 Å². The van der Waals surface area contributed by atoms with E-state index in [1.165, 1.54) is 5.69 Å². The molecule has 0 saturated carbocycles. The zero-order chi connectivity index (χ0) is 7.52. The Balaban J connectivity index is 2.23. The van der Waals surface area contributed by atoms with Gasteiger partial charge < -0.3 is 4.90 Å². The first kappa shape index (κ1) is 6.40. The largest absolute Gasteiger partial charge is 0.322 e. The van der Waals surface area contributed by atoms with Gasteiger partial charge in [-0.15, -0.1) is 0 Å². The van der Waals surface area contributed by atoms with Gasteiger partial charge in [0.25, 0.3) is 0 Å². The molecule has 0 unspecified atom stereocenters. The Hall–Kier alpha value is -1.31. The van der Waals surface area contributed by atoms with Crippen molar-refractivity contribution in [3.8, 4) is 0 Å². The average molecular weight is 145 g/mol. The third-order valence-electron chi connectivity index (χ3n) is 1.69. The number of nitrogens with zero attached hydrogens (tertiary/aromatic N) is 2. The van der Waals surface area contributed by atoms with Crippen molar-refractivity contribution in [3.63, 3.8) is 0 Å². The molecule has 0 aliphatic carbocycles. The Morgan fingerprint density at radius 2 is 2.09 bits per heavy atom. The molecule has 1 radical (unpaired) electrons. The molecule has 1 aromatic carbocycles. The van der Waals surface area contributed by atoms with Crippen molar-refractivity contribution in [3.05, 3.63) is 30.3 Å². The minimum atomic E-state index is 0.870. The molecule has 0 amide bonds. The molecule has 0 fully saturated rings. The molecule has 1 heterocycles. The van der Waals surface area contributed by atoms with Gasteiger partial charge in [0.15, 0.2) is 6.34 Å². The predicted molar refractivity (Wildman–Crippen MR) is 46.1 cm³/mol. The van der Waals surface area contributed by atoms with Gasteiger partial charge in [0.05, 0.1) is 6.54 Å². The first-order valence-electron chi connectivity index (χ1n) is 3.71. The van der Waals surface area contributed by atoms with Gasteiger partial charge in [-0.25, -0.2) is 0 Å². The molecule has 1 aliphatic heterocycles. The lowest BCUT2D eigenvalue weighted by molar-refractivity contribution is 1.02. The van der Waals surface area contributed by atoms with E-state index < -0.39 is 0 Å². The summed E-state index contributed by atoms with van der Waals surface area (Å²) in [7, 11) is 0. The van der Waals surface area contributed by atoms with E-state index in [2.05, 4.69) is 23.5 Å². The summed E-state index contributed by atoms with van der Waals surface area (Å²) in [4.78, 5) is 6.04. The lowest BCUT2D eigenvalue weighted by atomic mass is 10.3. The minimum Gasteiger partial charge on any atom is -0.322 e. The Kier molecular flexibility index (Phi) is 1.60. The average Bonchev–Trinajstić information content (AvgIpc) is 2.58. The maximum atomic E-state index is 4.02. The van der Waals surface area contributed by atoms with Gasteiger partial charge in [0, 0.05) is 12.2 Å². The monoisotopic (exact) mass is 145 g/mol. The molecule has 2 nitrogen and oxygen atoms in total. The fourth-order valence-corrected chi connectivity index (χ4v) is 1.13. The molecule has 55 valence electrons. The number of rotatable bonds is 1. The zero-order valence-corrected chi connectivity index (χ0v) is 6.20. The highest BCUT2D eigenvalue weighted by atomic mass is 15.2. The highest BCUT2D eigenvalue weighted by molar-refractivity contribution is 5.80. The van der Waals surface area contributed by atoms with Crippen LogP contribution in [0.2, 0.25) is 0 Å². The van der Waals surface area contributed by atoms with Crippen molar-refractivity contribution in [2.24, 2.45) is 4.99 Å². The van der Waals surface area contributed by atoms with Crippen LogP contribution in [0.1, 0.15) is 0 Å². The summed E-state index contributed by atoms with van der Waals surface area (Å²) >= 11 is 0. The lowest BCUT2D eigenvalue weighted by Gasteiger charge is -2.11. The van der Waals surface area contributed by atoms with Gasteiger partial charge in [0.2, 0.25) is 0 Å². The second-order valence-electron chi connectivity index (χ2n) is 2.47. The van der Waals surface area contributed by atoms with E-state index in [1.807, 2.05) is 23.1 Å². The van der Waals surface area contributed by atoms with Crippen LogP contribution in [-0.2, 0) is 0 Å². The highest BCUT2D eigenvalue weighted by Gasteiger charge is 2.06. The molecular weight excluding hydrogens is 136 g/mol. The quantitative estimate of drug-likeness (QED) is 0.583. The fourth-order valence-electron chi connectivity index (χ4n) is 1.13. The third-order valence-corrected chi connectivity index (χ3v) is 1.69. The molecule has 1 aromatic rings. The molecule has 2 rings (SSSR count). The van der Waals surface area contributed by atoms with Gasteiger partial charge >= 0.3 is 0 Å². The molecule has 0 spiro atoms. The molecule has 0 atom stereocenters. The van der Waals surface area contributed by atoms with Crippen molar-refractivity contribution in [2.75, 3.05) is 18.0 Å². The predicted octanol–water partition coefficient (Wildman–Crippen LogP) is 1.41. The molecule has 0 N–H and O–H groups in total. The standard InChI is InChI=1S/C9H9N2/c1-2-4-9(5-3-1)11-7-6-10-8-11/h1-5H,6-7H2. The Labute approximate surface area is 66.2 Å². The highest BCUT2D eigenvalue weighted by Crippen LogP contribution is 2.12. The van der Waals surface area contributed by atoms with E-state index in [-0.39, 0.29) is 0 Å². The van der Waals surface area contributed by atoms with E-state index in [0.717, 1.165) is 13.1 Å². The van der Waals surface area contributed by atoms with Crippen LogP contribution in [0.4, 0.5) is 5.69 Å². The Morgan fingerprint density at radius 3 is 2.73 bits per heavy atom. The van der Waals surface area contributed by atoms with Gasteiger partial charge in [-0.05, 0) is 12.1 Å². The smallest absolute Gasteiger partial charge is 0.171 e. The first-order valence-corrected chi connectivity index (χ1v) is 3.71. The third kappa shape index (κ3) is 1.24. The van der Waals surface area contributed by atoms with Crippen LogP contribution < -0.4 is 4.90 Å². The summed E-state index contributed by atoms with van der Waals surface area (Å²) in [5, 5.41) is 0. The SMILES string of the molecule is [C]1=NCCN1c1ccccc1. The van der Waals surface area contributed by atoms with Gasteiger partial charge in [-0.1, -0.05) is 18.2 Å². The molecular formula is C9H9N2. The molecule has 0 saturated heterocycles. The van der Waals surface area contributed by atoms with Crippen molar-refractivity contribution < 1.29 is 0 Å². The normalized spacial score (nSPS) is 15.8. The van der Waals surface area contributed by atoms with Crippen molar-refractivity contribution in [1.29, 1.82) is 0 Å². The van der Waals surface area contributed by atoms with Crippen LogP contribution in [0.25, 0.3) is 0 Å². The van der Waals surface area contributed by atoms with E-state index >= 15 is 0 Å². The molecule has 11 heavy (non-hydrogen) atoms. The van der Waals surface area contributed by atoms with Gasteiger partial charge in [0.1, 0.15) is 0 Å². The second-order valence-corrected chi connectivity index (χ2v) is 2.47. The summed E-state index contributed by atoms with van der Waals surface area (Å²) < 4.78 is 0. The van der Waals surface area contributed by atoms with Crippen LogP contribution in [0, 0.1) is 0 Å². The van der Waals surface area contributed by atoms with E-state index in [1.54, 1.807) is 0 Å². The number of anilines is 1.